The van der Waals surface area contributed by atoms with Crippen LogP contribution in [0.5, 0.6) is 0 Å². The van der Waals surface area contributed by atoms with Crippen LogP contribution >= 0.6 is 11.3 Å². The van der Waals surface area contributed by atoms with Crippen LogP contribution in [0.1, 0.15) is 24.8 Å². The van der Waals surface area contributed by atoms with E-state index in [1.165, 1.54) is 11.3 Å². The zero-order valence-electron chi connectivity index (χ0n) is 17.5. The predicted molar refractivity (Wildman–Crippen MR) is 119 cm³/mol. The van der Waals surface area contributed by atoms with E-state index < -0.39 is 10.0 Å². The highest BCUT2D eigenvalue weighted by Gasteiger charge is 2.54. The van der Waals surface area contributed by atoms with Crippen molar-refractivity contribution in [1.29, 1.82) is 0 Å². The Balaban J connectivity index is 1.76. The van der Waals surface area contributed by atoms with Crippen molar-refractivity contribution in [3.05, 3.63) is 53.4 Å². The van der Waals surface area contributed by atoms with E-state index in [0.29, 0.717) is 36.7 Å². The molecule has 0 bridgehead atoms. The molecule has 162 valence electrons. The summed E-state index contributed by atoms with van der Waals surface area (Å²) in [6, 6.07) is 13.4. The highest BCUT2D eigenvalue weighted by Crippen LogP contribution is 2.47. The van der Waals surface area contributed by atoms with Gasteiger partial charge in [0.2, 0.25) is 5.91 Å². The molecule has 3 heterocycles. The maximum Gasteiger partial charge on any atom is 0.252 e. The van der Waals surface area contributed by atoms with Crippen LogP contribution in [0, 0.1) is 0 Å². The van der Waals surface area contributed by atoms with Crippen LogP contribution in [0.2, 0.25) is 0 Å². The topological polar surface area (TPSA) is 60.9 Å². The van der Waals surface area contributed by atoms with Gasteiger partial charge >= 0.3 is 0 Å². The number of fused-ring (bicyclic) bond motifs is 1. The van der Waals surface area contributed by atoms with Crippen LogP contribution in [0.4, 0.5) is 0 Å². The first-order valence-corrected chi connectivity index (χ1v) is 12.7. The van der Waals surface area contributed by atoms with Gasteiger partial charge in [0.1, 0.15) is 4.21 Å². The Labute approximate surface area is 183 Å². The number of thiophene rings is 1. The van der Waals surface area contributed by atoms with Gasteiger partial charge in [0, 0.05) is 38.0 Å². The Morgan fingerprint density at radius 3 is 2.57 bits per heavy atom. The summed E-state index contributed by atoms with van der Waals surface area (Å²) in [7, 11) is 0.375. The van der Waals surface area contributed by atoms with Crippen molar-refractivity contribution in [3.8, 4) is 0 Å². The quantitative estimate of drug-likeness (QED) is 0.683. The van der Waals surface area contributed by atoms with Crippen LogP contribution in [0.3, 0.4) is 0 Å². The molecule has 1 aromatic carbocycles. The molecule has 2 aliphatic rings. The second kappa shape index (κ2) is 8.42. The number of rotatable bonds is 6. The van der Waals surface area contributed by atoms with Gasteiger partial charge in [-0.15, -0.1) is 11.3 Å². The molecule has 6 nitrogen and oxygen atoms in total. The Morgan fingerprint density at radius 2 is 1.90 bits per heavy atom. The minimum atomic E-state index is -3.60. The Hall–Kier alpha value is -1.74. The average molecular weight is 448 g/mol. The summed E-state index contributed by atoms with van der Waals surface area (Å²) >= 11 is 1.25. The van der Waals surface area contributed by atoms with Gasteiger partial charge in [-0.3, -0.25) is 4.79 Å². The first kappa shape index (κ1) is 21.5. The average Bonchev–Trinajstić information content (AvgIpc) is 3.37. The van der Waals surface area contributed by atoms with E-state index in [4.69, 9.17) is 0 Å². The van der Waals surface area contributed by atoms with Gasteiger partial charge in [-0.2, -0.15) is 4.31 Å². The molecule has 0 aliphatic carbocycles. The maximum absolute atomic E-state index is 13.5. The van der Waals surface area contributed by atoms with Crippen molar-refractivity contribution in [2.75, 3.05) is 40.3 Å². The molecule has 0 unspecified atom stereocenters. The number of likely N-dealkylation sites (N-methyl/N-ethyl adjacent to an activating group) is 1. The summed E-state index contributed by atoms with van der Waals surface area (Å²) in [4.78, 5) is 16.9. The molecule has 2 saturated heterocycles. The summed E-state index contributed by atoms with van der Waals surface area (Å²) in [6.45, 7) is 2.29. The lowest BCUT2D eigenvalue weighted by atomic mass is 9.71. The van der Waals surface area contributed by atoms with E-state index in [1.54, 1.807) is 21.8 Å². The molecule has 1 aromatic heterocycles. The summed E-state index contributed by atoms with van der Waals surface area (Å²) in [6.07, 6.45) is 1.86. The number of amides is 1. The van der Waals surface area contributed by atoms with Crippen molar-refractivity contribution >= 4 is 27.3 Å². The van der Waals surface area contributed by atoms with Crippen LogP contribution in [0.25, 0.3) is 0 Å². The van der Waals surface area contributed by atoms with Gasteiger partial charge in [-0.05, 0) is 43.9 Å². The number of sulfonamides is 1. The first-order valence-electron chi connectivity index (χ1n) is 10.4. The third kappa shape index (κ3) is 3.82. The maximum atomic E-state index is 13.5. The number of carbonyl (C=O) groups is 1. The highest BCUT2D eigenvalue weighted by atomic mass is 32.2. The summed E-state index contributed by atoms with van der Waals surface area (Å²) in [5.74, 6) is 0.120. The lowest BCUT2D eigenvalue weighted by molar-refractivity contribution is -0.131. The molecule has 0 radical (unpaired) electrons. The van der Waals surface area contributed by atoms with E-state index >= 15 is 0 Å². The van der Waals surface area contributed by atoms with E-state index in [0.717, 1.165) is 18.5 Å². The largest absolute Gasteiger partial charge is 0.340 e. The van der Waals surface area contributed by atoms with Gasteiger partial charge in [0.05, 0.1) is 6.04 Å². The van der Waals surface area contributed by atoms with Crippen LogP contribution in [-0.2, 0) is 20.2 Å². The molecule has 2 atom stereocenters. The lowest BCUT2D eigenvalue weighted by Crippen LogP contribution is -2.51. The molecular formula is C22H29N3O3S2. The lowest BCUT2D eigenvalue weighted by Gasteiger charge is -2.38. The minimum absolute atomic E-state index is 0.120. The minimum Gasteiger partial charge on any atom is -0.340 e. The van der Waals surface area contributed by atoms with Crippen molar-refractivity contribution in [2.24, 2.45) is 0 Å². The fourth-order valence-electron chi connectivity index (χ4n) is 4.87. The SMILES string of the molecule is CN(C)CCN1C[C@@H]2N(S(=O)(=O)c3cccs3)CC[C@@]2(c2ccccc2)CCC1=O. The summed E-state index contributed by atoms with van der Waals surface area (Å²) in [5.41, 5.74) is 0.801. The van der Waals surface area contributed by atoms with Gasteiger partial charge in [0.15, 0.2) is 0 Å². The molecule has 30 heavy (non-hydrogen) atoms. The number of likely N-dealkylation sites (tertiary alicyclic amines) is 1. The molecule has 4 rings (SSSR count). The van der Waals surface area contributed by atoms with Gasteiger partial charge in [0.25, 0.3) is 10.0 Å². The zero-order valence-corrected chi connectivity index (χ0v) is 19.2. The Bertz CT molecular complexity index is 976. The molecule has 0 saturated carbocycles. The van der Waals surface area contributed by atoms with Crippen molar-refractivity contribution < 1.29 is 13.2 Å². The molecule has 2 aromatic rings. The van der Waals surface area contributed by atoms with Gasteiger partial charge < -0.3 is 9.80 Å². The number of hydrogen-bond donors (Lipinski definition) is 0. The van der Waals surface area contributed by atoms with Gasteiger partial charge in [-0.1, -0.05) is 36.4 Å². The standard InChI is InChI=1S/C22H29N3O3S2/c1-23(2)14-15-24-17-19-22(11-10-20(24)26,18-7-4-3-5-8-18)12-13-25(19)30(27,28)21-9-6-16-29-21/h3-9,16,19H,10-15,17H2,1-2H3/t19-,22+/m0/s1. The normalized spacial score (nSPS) is 25.5. The number of benzene rings is 1. The smallest absolute Gasteiger partial charge is 0.252 e. The van der Waals surface area contributed by atoms with Crippen LogP contribution in [0.15, 0.2) is 52.1 Å². The van der Waals surface area contributed by atoms with Crippen molar-refractivity contribution in [1.82, 2.24) is 14.1 Å². The molecule has 2 aliphatic heterocycles. The number of nitrogens with zero attached hydrogens (tertiary/aromatic N) is 3. The molecular weight excluding hydrogens is 418 g/mol. The highest BCUT2D eigenvalue weighted by molar-refractivity contribution is 7.91. The Morgan fingerprint density at radius 1 is 1.13 bits per heavy atom. The van der Waals surface area contributed by atoms with Crippen LogP contribution < -0.4 is 0 Å². The third-order valence-corrected chi connectivity index (χ3v) is 9.80. The molecule has 2 fully saturated rings. The van der Waals surface area contributed by atoms with E-state index in [1.807, 2.05) is 37.2 Å². The number of hydrogen-bond acceptors (Lipinski definition) is 5. The molecule has 0 N–H and O–H groups in total. The molecule has 0 spiro atoms. The summed E-state index contributed by atoms with van der Waals surface area (Å²) < 4.78 is 29.1. The second-order valence-corrected chi connectivity index (χ2v) is 11.5. The van der Waals surface area contributed by atoms with Crippen LogP contribution in [-0.4, -0.2) is 74.7 Å². The third-order valence-electron chi connectivity index (χ3n) is 6.52. The van der Waals surface area contributed by atoms with Gasteiger partial charge in [-0.25, -0.2) is 8.42 Å². The summed E-state index contributed by atoms with van der Waals surface area (Å²) in [5, 5.41) is 1.80. The Kier molecular flexibility index (Phi) is 6.03. The number of carbonyl (C=O) groups excluding carboxylic acids is 1. The second-order valence-electron chi connectivity index (χ2n) is 8.48. The van der Waals surface area contributed by atoms with Crippen molar-refractivity contribution in [3.63, 3.8) is 0 Å². The van der Waals surface area contributed by atoms with Crippen molar-refractivity contribution in [2.45, 2.75) is 34.9 Å². The molecule has 8 heteroatoms. The predicted octanol–water partition coefficient (Wildman–Crippen LogP) is 2.63. The van der Waals surface area contributed by atoms with E-state index in [2.05, 4.69) is 17.0 Å². The molecule has 1 amide bonds. The van der Waals surface area contributed by atoms with E-state index in [-0.39, 0.29) is 17.4 Å². The van der Waals surface area contributed by atoms with E-state index in [9.17, 15) is 13.2 Å². The fourth-order valence-corrected chi connectivity index (χ4v) is 7.67. The monoisotopic (exact) mass is 447 g/mol. The zero-order chi connectivity index (χ0) is 21.4. The first-order chi connectivity index (χ1) is 14.3. The fraction of sp³-hybridized carbons (Fsp3) is 0.500.